The third kappa shape index (κ3) is 5.63. The van der Waals surface area contributed by atoms with Crippen molar-refractivity contribution in [2.24, 2.45) is 0 Å². The molecular weight excluding hydrogens is 354 g/mol. The Morgan fingerprint density at radius 3 is 2.14 bits per heavy atom. The molecule has 1 amide bonds. The van der Waals surface area contributed by atoms with E-state index in [0.717, 1.165) is 22.8 Å². The lowest BCUT2D eigenvalue weighted by Gasteiger charge is -2.08. The van der Waals surface area contributed by atoms with Gasteiger partial charge >= 0.3 is 5.95 Å². The molecule has 3 rings (SSSR count). The lowest BCUT2D eigenvalue weighted by atomic mass is 10.3. The number of rotatable bonds is 4. The van der Waals surface area contributed by atoms with E-state index < -0.39 is 0 Å². The lowest BCUT2D eigenvalue weighted by Crippen LogP contribution is -2.74. The maximum absolute atomic E-state index is 11.6. The summed E-state index contributed by atoms with van der Waals surface area (Å²) >= 11 is 0. The zero-order valence-corrected chi connectivity index (χ0v) is 16.0. The fraction of sp³-hybridized carbons (Fsp3) is 0.143. The van der Waals surface area contributed by atoms with Crippen molar-refractivity contribution >= 4 is 23.5 Å². The highest BCUT2D eigenvalue weighted by atomic mass is 16.5. The minimum Gasteiger partial charge on any atom is -0.457 e. The standard InChI is InChI=1S/C21H21N5O2/c1-14-13-15(2)23-20(22-14)26-21(24-16(3)27)25-17-9-11-19(12-10-17)28-18-7-5-4-6-8-18/h4-13H,1-3H3,(H2,22,23,24,25,26,27)/p+1. The van der Waals surface area contributed by atoms with Crippen LogP contribution in [0.15, 0.2) is 60.7 Å². The normalized spacial score (nSPS) is 11.0. The van der Waals surface area contributed by atoms with Crippen molar-refractivity contribution in [3.05, 3.63) is 72.1 Å². The highest BCUT2D eigenvalue weighted by Gasteiger charge is 2.11. The van der Waals surface area contributed by atoms with Gasteiger partial charge in [-0.1, -0.05) is 18.2 Å². The smallest absolute Gasteiger partial charge is 0.354 e. The van der Waals surface area contributed by atoms with Crippen LogP contribution in [-0.2, 0) is 4.79 Å². The number of para-hydroxylation sites is 1. The average Bonchev–Trinajstić information content (AvgIpc) is 2.63. The molecule has 0 aliphatic carbocycles. The number of aromatic nitrogens is 2. The largest absolute Gasteiger partial charge is 0.457 e. The van der Waals surface area contributed by atoms with Gasteiger partial charge in [0.1, 0.15) is 11.5 Å². The second-order valence-corrected chi connectivity index (χ2v) is 6.22. The fourth-order valence-electron chi connectivity index (χ4n) is 2.54. The summed E-state index contributed by atoms with van der Waals surface area (Å²) in [6, 6.07) is 18.8. The van der Waals surface area contributed by atoms with E-state index in [9.17, 15) is 4.79 Å². The zero-order chi connectivity index (χ0) is 19.9. The summed E-state index contributed by atoms with van der Waals surface area (Å²) in [4.78, 5) is 23.2. The monoisotopic (exact) mass is 376 g/mol. The van der Waals surface area contributed by atoms with E-state index in [1.54, 1.807) is 0 Å². The Morgan fingerprint density at radius 1 is 0.929 bits per heavy atom. The number of carbonyl (C=O) groups is 1. The van der Waals surface area contributed by atoms with Gasteiger partial charge in [0.25, 0.3) is 11.9 Å². The third-order valence-corrected chi connectivity index (χ3v) is 3.62. The van der Waals surface area contributed by atoms with Crippen LogP contribution in [0.1, 0.15) is 18.3 Å². The van der Waals surface area contributed by atoms with E-state index in [2.05, 4.69) is 25.6 Å². The quantitative estimate of drug-likeness (QED) is 0.480. The van der Waals surface area contributed by atoms with Gasteiger partial charge < -0.3 is 4.74 Å². The Hall–Kier alpha value is -3.74. The number of guanidine groups is 1. The summed E-state index contributed by atoms with van der Waals surface area (Å²) in [7, 11) is 0. The zero-order valence-electron chi connectivity index (χ0n) is 16.0. The predicted molar refractivity (Wildman–Crippen MR) is 108 cm³/mol. The minimum atomic E-state index is -0.219. The van der Waals surface area contributed by atoms with Crippen molar-refractivity contribution in [1.29, 1.82) is 0 Å². The van der Waals surface area contributed by atoms with Gasteiger partial charge in [-0.25, -0.2) is 10.3 Å². The molecule has 0 unspecified atom stereocenters. The van der Waals surface area contributed by atoms with Crippen molar-refractivity contribution in [3.8, 4) is 11.5 Å². The van der Waals surface area contributed by atoms with Crippen LogP contribution in [0.25, 0.3) is 0 Å². The first-order valence-corrected chi connectivity index (χ1v) is 8.82. The van der Waals surface area contributed by atoms with Gasteiger partial charge in [0.2, 0.25) is 0 Å². The number of carbonyl (C=O) groups excluding carboxylic acids is 1. The van der Waals surface area contributed by atoms with Crippen molar-refractivity contribution in [3.63, 3.8) is 0 Å². The van der Waals surface area contributed by atoms with E-state index >= 15 is 0 Å². The number of hydrogen-bond acceptors (Lipinski definition) is 4. The van der Waals surface area contributed by atoms with Gasteiger partial charge in [-0.15, -0.1) is 9.97 Å². The van der Waals surface area contributed by atoms with E-state index in [1.165, 1.54) is 6.92 Å². The Bertz CT molecular complexity index is 965. The van der Waals surface area contributed by atoms with Crippen LogP contribution in [0, 0.1) is 13.8 Å². The number of amides is 1. The summed E-state index contributed by atoms with van der Waals surface area (Å²) in [6.07, 6.45) is 0. The second kappa shape index (κ2) is 8.77. The summed E-state index contributed by atoms with van der Waals surface area (Å²) in [6.45, 7) is 5.20. The third-order valence-electron chi connectivity index (χ3n) is 3.62. The van der Waals surface area contributed by atoms with Crippen molar-refractivity contribution in [2.45, 2.75) is 20.8 Å². The van der Waals surface area contributed by atoms with Crippen molar-refractivity contribution in [1.82, 2.24) is 15.3 Å². The molecule has 3 aromatic rings. The van der Waals surface area contributed by atoms with Crippen molar-refractivity contribution < 1.29 is 14.5 Å². The molecule has 0 aliphatic rings. The van der Waals surface area contributed by atoms with Crippen LogP contribution >= 0.6 is 0 Å². The van der Waals surface area contributed by atoms with Crippen LogP contribution < -0.4 is 20.4 Å². The number of nitrogens with zero attached hydrogens (tertiary/aromatic N) is 2. The number of ether oxygens (including phenoxy) is 1. The number of hydrogen-bond donors (Lipinski definition) is 3. The number of anilines is 1. The Balaban J connectivity index is 1.77. The van der Waals surface area contributed by atoms with E-state index in [1.807, 2.05) is 74.5 Å². The predicted octanol–water partition coefficient (Wildman–Crippen LogP) is 2.20. The molecule has 0 saturated heterocycles. The van der Waals surface area contributed by atoms with Gasteiger partial charge in [0.05, 0.1) is 17.1 Å². The van der Waals surface area contributed by atoms with Gasteiger partial charge in [-0.05, 0) is 50.2 Å². The molecule has 142 valence electrons. The number of aryl methyl sites for hydroxylation is 2. The molecule has 2 aromatic carbocycles. The van der Waals surface area contributed by atoms with Crippen LogP contribution in [0.3, 0.4) is 0 Å². The molecule has 1 heterocycles. The number of nitrogens with one attached hydrogen (secondary N) is 3. The number of benzene rings is 2. The lowest BCUT2D eigenvalue weighted by molar-refractivity contribution is -0.366. The fourth-order valence-corrected chi connectivity index (χ4v) is 2.54. The Kier molecular flexibility index (Phi) is 5.96. The van der Waals surface area contributed by atoms with Crippen LogP contribution in [-0.4, -0.2) is 21.8 Å². The molecule has 7 nitrogen and oxygen atoms in total. The van der Waals surface area contributed by atoms with Crippen LogP contribution in [0.4, 0.5) is 11.6 Å². The van der Waals surface area contributed by atoms with E-state index in [-0.39, 0.29) is 5.91 Å². The molecule has 0 radical (unpaired) electrons. The highest BCUT2D eigenvalue weighted by Crippen LogP contribution is 2.22. The van der Waals surface area contributed by atoms with Crippen LogP contribution in [0.5, 0.6) is 11.5 Å². The maximum atomic E-state index is 11.6. The summed E-state index contributed by atoms with van der Waals surface area (Å²) in [5, 5.41) is 5.84. The SMILES string of the molecule is CC(=O)N/C(Nc1ccc(Oc2ccccc2)cc1)=[NH+]\c1nc(C)cc(C)n1. The molecule has 1 aromatic heterocycles. The van der Waals surface area contributed by atoms with Gasteiger partial charge in [-0.3, -0.25) is 10.1 Å². The van der Waals surface area contributed by atoms with Gasteiger partial charge in [0.15, 0.2) is 0 Å². The summed E-state index contributed by atoms with van der Waals surface area (Å²) in [5.41, 5.74) is 2.43. The molecule has 0 fully saturated rings. The topological polar surface area (TPSA) is 90.1 Å². The molecule has 0 atom stereocenters. The maximum Gasteiger partial charge on any atom is 0.354 e. The van der Waals surface area contributed by atoms with Crippen molar-refractivity contribution in [2.75, 3.05) is 5.32 Å². The first-order chi connectivity index (χ1) is 13.5. The Morgan fingerprint density at radius 2 is 1.54 bits per heavy atom. The van der Waals surface area contributed by atoms with Crippen LogP contribution in [0.2, 0.25) is 0 Å². The molecule has 0 aliphatic heterocycles. The van der Waals surface area contributed by atoms with Gasteiger partial charge in [-0.2, -0.15) is 0 Å². The highest BCUT2D eigenvalue weighted by molar-refractivity contribution is 6.00. The van der Waals surface area contributed by atoms with E-state index in [0.29, 0.717) is 17.7 Å². The average molecular weight is 376 g/mol. The molecule has 0 saturated carbocycles. The first kappa shape index (κ1) is 19.0. The Labute approximate surface area is 163 Å². The molecule has 3 N–H and O–H groups in total. The molecular formula is C21H22N5O2+. The summed E-state index contributed by atoms with van der Waals surface area (Å²) < 4.78 is 5.78. The molecule has 0 bridgehead atoms. The van der Waals surface area contributed by atoms with Gasteiger partial charge in [0, 0.05) is 13.0 Å². The minimum absolute atomic E-state index is 0.219. The molecule has 7 heteroatoms. The molecule has 28 heavy (non-hydrogen) atoms. The molecule has 0 spiro atoms. The first-order valence-electron chi connectivity index (χ1n) is 8.82. The second-order valence-electron chi connectivity index (χ2n) is 6.22. The van der Waals surface area contributed by atoms with E-state index in [4.69, 9.17) is 4.74 Å². The summed E-state index contributed by atoms with van der Waals surface area (Å²) in [5.74, 6) is 2.03.